The molecule has 2 rings (SSSR count). The molecule has 1 aromatic heterocycles. The van der Waals surface area contributed by atoms with E-state index in [0.29, 0.717) is 17.7 Å². The Hall–Kier alpha value is -0.990. The van der Waals surface area contributed by atoms with Crippen LogP contribution >= 0.6 is 22.6 Å². The second-order valence-electron chi connectivity index (χ2n) is 4.68. The maximum Gasteiger partial charge on any atom is 0.298 e. The fourth-order valence-corrected chi connectivity index (χ4v) is 2.45. The Morgan fingerprint density at radius 3 is 2.53 bits per heavy atom. The molecule has 1 aliphatic rings. The zero-order chi connectivity index (χ0) is 13.7. The van der Waals surface area contributed by atoms with Crippen LogP contribution in [0.1, 0.15) is 56.2 Å². The van der Waals surface area contributed by atoms with Crippen LogP contribution in [0.5, 0.6) is 0 Å². The van der Waals surface area contributed by atoms with Crippen LogP contribution in [0.4, 0.5) is 0 Å². The molecule has 7 heteroatoms. The molecule has 0 aromatic carbocycles. The lowest BCUT2D eigenvalue weighted by Crippen LogP contribution is -2.27. The Balaban J connectivity index is 1.90. The van der Waals surface area contributed by atoms with Crippen molar-refractivity contribution in [3.05, 3.63) is 11.8 Å². The van der Waals surface area contributed by atoms with Gasteiger partial charge < -0.3 is 9.73 Å². The Labute approximate surface area is 124 Å². The molecule has 1 aliphatic carbocycles. The van der Waals surface area contributed by atoms with E-state index in [4.69, 9.17) is 4.42 Å². The van der Waals surface area contributed by atoms with E-state index in [1.807, 2.05) is 0 Å². The molecule has 0 aliphatic heterocycles. The molecule has 19 heavy (non-hydrogen) atoms. The van der Waals surface area contributed by atoms with Crippen molar-refractivity contribution in [2.24, 2.45) is 0 Å². The van der Waals surface area contributed by atoms with Gasteiger partial charge in [-0.3, -0.25) is 9.59 Å². The zero-order valence-electron chi connectivity index (χ0n) is 10.5. The van der Waals surface area contributed by atoms with Gasteiger partial charge >= 0.3 is 0 Å². The summed E-state index contributed by atoms with van der Waals surface area (Å²) in [5.41, 5.74) is 0. The Bertz CT molecular complexity index is 453. The normalized spacial score (nSPS) is 16.9. The monoisotopic (exact) mass is 377 g/mol. The molecule has 6 nitrogen and oxygen atoms in total. The Morgan fingerprint density at radius 2 is 1.89 bits per heavy atom. The predicted molar refractivity (Wildman–Crippen MR) is 75.6 cm³/mol. The third-order valence-electron chi connectivity index (χ3n) is 3.27. The van der Waals surface area contributed by atoms with Crippen molar-refractivity contribution >= 4 is 32.3 Å². The van der Waals surface area contributed by atoms with Gasteiger partial charge in [-0.2, -0.15) is 0 Å². The number of carbonyl (C=O) groups excluding carboxylic acids is 2. The van der Waals surface area contributed by atoms with Crippen LogP contribution in [0.25, 0.3) is 0 Å². The fraction of sp³-hybridized carbons (Fsp3) is 0.667. The van der Waals surface area contributed by atoms with Gasteiger partial charge in [0.15, 0.2) is 0 Å². The molecular weight excluding hydrogens is 361 g/mol. The van der Waals surface area contributed by atoms with Crippen LogP contribution in [0.15, 0.2) is 4.42 Å². The first-order chi connectivity index (χ1) is 9.16. The summed E-state index contributed by atoms with van der Waals surface area (Å²) in [5, 5.41) is 10.4. The molecule has 1 saturated carbocycles. The zero-order valence-corrected chi connectivity index (χ0v) is 12.7. The molecule has 0 atom stereocenters. The van der Waals surface area contributed by atoms with Crippen LogP contribution in [-0.4, -0.2) is 19.9 Å². The summed E-state index contributed by atoms with van der Waals surface area (Å²) in [4.78, 5) is 21.9. The number of hydrogen-bond donors (Lipinski definition) is 1. The van der Waals surface area contributed by atoms with Gasteiger partial charge in [-0.05, 0) is 12.8 Å². The largest absolute Gasteiger partial charge is 0.423 e. The first-order valence-corrected chi connectivity index (χ1v) is 7.54. The molecule has 0 unspecified atom stereocenters. The molecule has 104 valence electrons. The lowest BCUT2D eigenvalue weighted by molar-refractivity contribution is -0.132. The van der Waals surface area contributed by atoms with Gasteiger partial charge in [-0.15, -0.1) is 10.2 Å². The molecular formula is C12H16IN3O3. The lowest BCUT2D eigenvalue weighted by atomic mass is 10.0. The number of nitrogens with zero attached hydrogens (tertiary/aromatic N) is 2. The van der Waals surface area contributed by atoms with Crippen molar-refractivity contribution in [3.8, 4) is 0 Å². The third kappa shape index (κ3) is 4.26. The van der Waals surface area contributed by atoms with E-state index in [9.17, 15) is 9.59 Å². The first kappa shape index (κ1) is 14.4. The number of rotatable bonds is 4. The van der Waals surface area contributed by atoms with Crippen molar-refractivity contribution in [2.45, 2.75) is 51.0 Å². The van der Waals surface area contributed by atoms with E-state index in [1.165, 1.54) is 48.3 Å². The minimum absolute atomic E-state index is 0.104. The minimum Gasteiger partial charge on any atom is -0.423 e. The minimum atomic E-state index is -0.644. The number of carbonyl (C=O) groups is 2. The topological polar surface area (TPSA) is 85.1 Å². The van der Waals surface area contributed by atoms with E-state index < -0.39 is 9.70 Å². The average molecular weight is 377 g/mol. The SMILES string of the molecule is O=C(I)C(=O)NCc1nnc(C2CCCCCC2)o1. The highest BCUT2D eigenvalue weighted by molar-refractivity contribution is 14.1. The molecule has 0 spiro atoms. The van der Waals surface area contributed by atoms with E-state index in [2.05, 4.69) is 15.5 Å². The first-order valence-electron chi connectivity index (χ1n) is 6.46. The number of halogens is 1. The van der Waals surface area contributed by atoms with Crippen molar-refractivity contribution < 1.29 is 14.0 Å². The molecule has 0 bridgehead atoms. The highest BCUT2D eigenvalue weighted by Gasteiger charge is 2.20. The molecule has 1 heterocycles. The summed E-state index contributed by atoms with van der Waals surface area (Å²) in [5.74, 6) is 0.706. The van der Waals surface area contributed by atoms with Gasteiger partial charge in [0.25, 0.3) is 9.70 Å². The summed E-state index contributed by atoms with van der Waals surface area (Å²) in [6.45, 7) is 0.104. The molecule has 1 fully saturated rings. The Morgan fingerprint density at radius 1 is 1.21 bits per heavy atom. The van der Waals surface area contributed by atoms with E-state index in [0.717, 1.165) is 12.8 Å². The number of aromatic nitrogens is 2. The molecule has 1 amide bonds. The van der Waals surface area contributed by atoms with Crippen LogP contribution in [0.3, 0.4) is 0 Å². The summed E-state index contributed by atoms with van der Waals surface area (Å²) < 4.78 is 5.00. The van der Waals surface area contributed by atoms with Crippen molar-refractivity contribution in [3.63, 3.8) is 0 Å². The van der Waals surface area contributed by atoms with Crippen LogP contribution in [0, 0.1) is 0 Å². The summed E-state index contributed by atoms with van der Waals surface area (Å²) in [6, 6.07) is 0. The van der Waals surface area contributed by atoms with E-state index in [-0.39, 0.29) is 6.54 Å². The van der Waals surface area contributed by atoms with E-state index in [1.54, 1.807) is 0 Å². The van der Waals surface area contributed by atoms with Gasteiger partial charge in [0.1, 0.15) is 0 Å². The standard InChI is InChI=1S/C12H16IN3O3/c13-10(17)11(18)14-7-9-15-16-12(19-9)8-5-3-1-2-4-6-8/h8H,1-7H2,(H,14,18). The number of hydrogen-bond acceptors (Lipinski definition) is 5. The predicted octanol–water partition coefficient (Wildman–Crippen LogP) is 2.09. The fourth-order valence-electron chi connectivity index (χ4n) is 2.25. The molecule has 0 saturated heterocycles. The summed E-state index contributed by atoms with van der Waals surface area (Å²) in [7, 11) is 0. The second kappa shape index (κ2) is 6.97. The van der Waals surface area contributed by atoms with Crippen molar-refractivity contribution in [2.75, 3.05) is 0 Å². The smallest absolute Gasteiger partial charge is 0.298 e. The van der Waals surface area contributed by atoms with Crippen LogP contribution < -0.4 is 5.32 Å². The maximum absolute atomic E-state index is 11.1. The quantitative estimate of drug-likeness (QED) is 0.376. The summed E-state index contributed by atoms with van der Waals surface area (Å²) >= 11 is 1.44. The lowest BCUT2D eigenvalue weighted by Gasteiger charge is -2.07. The third-order valence-corrected chi connectivity index (χ3v) is 3.76. The average Bonchev–Trinajstić information content (AvgIpc) is 2.69. The van der Waals surface area contributed by atoms with Crippen molar-refractivity contribution in [1.82, 2.24) is 15.5 Å². The van der Waals surface area contributed by atoms with Crippen molar-refractivity contribution in [1.29, 1.82) is 0 Å². The molecule has 1 N–H and O–H groups in total. The van der Waals surface area contributed by atoms with Crippen LogP contribution in [-0.2, 0) is 16.1 Å². The Kier molecular flexibility index (Phi) is 5.29. The number of amides is 1. The van der Waals surface area contributed by atoms with Crippen LogP contribution in [0.2, 0.25) is 0 Å². The molecule has 0 radical (unpaired) electrons. The maximum atomic E-state index is 11.1. The van der Waals surface area contributed by atoms with Gasteiger partial charge in [0.05, 0.1) is 6.54 Å². The highest BCUT2D eigenvalue weighted by atomic mass is 127. The highest BCUT2D eigenvalue weighted by Crippen LogP contribution is 2.30. The van der Waals surface area contributed by atoms with Gasteiger partial charge in [-0.25, -0.2) is 0 Å². The summed E-state index contributed by atoms with van der Waals surface area (Å²) in [6.07, 6.45) is 7.10. The van der Waals surface area contributed by atoms with E-state index >= 15 is 0 Å². The number of nitrogens with one attached hydrogen (secondary N) is 1. The second-order valence-corrected chi connectivity index (χ2v) is 5.66. The van der Waals surface area contributed by atoms with Gasteiger partial charge in [0.2, 0.25) is 11.8 Å². The van der Waals surface area contributed by atoms with Gasteiger partial charge in [-0.1, -0.05) is 25.7 Å². The molecule has 1 aromatic rings. The van der Waals surface area contributed by atoms with Gasteiger partial charge in [0, 0.05) is 28.5 Å².